The average Bonchev–Trinajstić information content (AvgIpc) is 2.22. The number of hydrogen-bond donors (Lipinski definition) is 1. The van der Waals surface area contributed by atoms with Crippen LogP contribution in [-0.4, -0.2) is 18.8 Å². The topological polar surface area (TPSA) is 35.2 Å². The second-order valence-electron chi connectivity index (χ2n) is 4.24. The van der Waals surface area contributed by atoms with Crippen molar-refractivity contribution in [3.63, 3.8) is 0 Å². The zero-order chi connectivity index (χ0) is 10.7. The Kier molecular flexibility index (Phi) is 5.06. The van der Waals surface area contributed by atoms with E-state index in [4.69, 9.17) is 22.1 Å². The Morgan fingerprint density at radius 2 is 1.88 bits per heavy atom. The molecule has 90 valence electrons. The molecule has 0 aromatic heterocycles. The van der Waals surface area contributed by atoms with E-state index in [1.165, 1.54) is 0 Å². The molecule has 2 rings (SSSR count). The molecule has 16 heavy (non-hydrogen) atoms. The fourth-order valence-corrected chi connectivity index (χ4v) is 2.18. The van der Waals surface area contributed by atoms with Crippen LogP contribution in [0.1, 0.15) is 18.4 Å². The minimum Gasteiger partial charge on any atom is -0.381 e. The van der Waals surface area contributed by atoms with Crippen molar-refractivity contribution in [3.8, 4) is 0 Å². The summed E-state index contributed by atoms with van der Waals surface area (Å²) in [5.41, 5.74) is 7.33. The van der Waals surface area contributed by atoms with Crippen LogP contribution in [0.4, 0.5) is 0 Å². The van der Waals surface area contributed by atoms with Gasteiger partial charge in [0.2, 0.25) is 0 Å². The lowest BCUT2D eigenvalue weighted by molar-refractivity contribution is 0.0533. The number of nitrogens with two attached hydrogens (primary N) is 1. The lowest BCUT2D eigenvalue weighted by Gasteiger charge is -2.33. The summed E-state index contributed by atoms with van der Waals surface area (Å²) in [6, 6.07) is 7.91. The fourth-order valence-electron chi connectivity index (χ4n) is 1.98. The van der Waals surface area contributed by atoms with Crippen LogP contribution in [-0.2, 0) is 11.2 Å². The maximum Gasteiger partial charge on any atom is 0.0483 e. The predicted octanol–water partition coefficient (Wildman–Crippen LogP) is 2.81. The maximum atomic E-state index is 6.32. The Labute approximate surface area is 108 Å². The van der Waals surface area contributed by atoms with Crippen molar-refractivity contribution in [1.29, 1.82) is 0 Å². The molecule has 0 atom stereocenters. The summed E-state index contributed by atoms with van der Waals surface area (Å²) in [5.74, 6) is 0. The summed E-state index contributed by atoms with van der Waals surface area (Å²) >= 11 is 6.12. The third-order valence-corrected chi connectivity index (χ3v) is 3.36. The molecule has 1 aliphatic heterocycles. The van der Waals surface area contributed by atoms with E-state index in [0.717, 1.165) is 43.1 Å². The molecule has 0 aliphatic carbocycles. The van der Waals surface area contributed by atoms with Crippen molar-refractivity contribution in [1.82, 2.24) is 0 Å². The highest BCUT2D eigenvalue weighted by molar-refractivity contribution is 6.31. The van der Waals surface area contributed by atoms with Gasteiger partial charge in [0.1, 0.15) is 0 Å². The van der Waals surface area contributed by atoms with Crippen molar-refractivity contribution in [2.24, 2.45) is 5.73 Å². The van der Waals surface area contributed by atoms with Crippen LogP contribution >= 0.6 is 24.0 Å². The quantitative estimate of drug-likeness (QED) is 0.889. The zero-order valence-electron chi connectivity index (χ0n) is 9.12. The summed E-state index contributed by atoms with van der Waals surface area (Å²) in [4.78, 5) is 0. The van der Waals surface area contributed by atoms with E-state index >= 15 is 0 Å². The van der Waals surface area contributed by atoms with Gasteiger partial charge in [-0.2, -0.15) is 0 Å². The minimum atomic E-state index is -0.136. The summed E-state index contributed by atoms with van der Waals surface area (Å²) in [6.07, 6.45) is 2.67. The van der Waals surface area contributed by atoms with Crippen LogP contribution in [0.5, 0.6) is 0 Å². The van der Waals surface area contributed by atoms with Crippen LogP contribution in [0.15, 0.2) is 24.3 Å². The van der Waals surface area contributed by atoms with Crippen molar-refractivity contribution in [3.05, 3.63) is 34.9 Å². The van der Waals surface area contributed by atoms with Crippen molar-refractivity contribution in [2.75, 3.05) is 13.2 Å². The van der Waals surface area contributed by atoms with E-state index in [-0.39, 0.29) is 17.9 Å². The normalized spacial score (nSPS) is 18.9. The Balaban J connectivity index is 0.00000128. The molecule has 0 bridgehead atoms. The van der Waals surface area contributed by atoms with Gasteiger partial charge in [-0.15, -0.1) is 12.4 Å². The van der Waals surface area contributed by atoms with Gasteiger partial charge in [-0.25, -0.2) is 0 Å². The molecule has 0 unspecified atom stereocenters. The third-order valence-electron chi connectivity index (χ3n) is 2.99. The maximum absolute atomic E-state index is 6.32. The smallest absolute Gasteiger partial charge is 0.0483 e. The largest absolute Gasteiger partial charge is 0.381 e. The average molecular weight is 262 g/mol. The first-order valence-electron chi connectivity index (χ1n) is 5.30. The molecule has 4 heteroatoms. The summed E-state index contributed by atoms with van der Waals surface area (Å²) in [6.45, 7) is 1.53. The van der Waals surface area contributed by atoms with Crippen LogP contribution in [0.25, 0.3) is 0 Å². The van der Waals surface area contributed by atoms with E-state index in [2.05, 4.69) is 0 Å². The molecule has 0 spiro atoms. The monoisotopic (exact) mass is 261 g/mol. The van der Waals surface area contributed by atoms with E-state index in [9.17, 15) is 0 Å². The first-order chi connectivity index (χ1) is 7.20. The minimum absolute atomic E-state index is 0. The molecule has 2 N–H and O–H groups in total. The third kappa shape index (κ3) is 3.36. The Hall–Kier alpha value is -0.280. The van der Waals surface area contributed by atoms with Gasteiger partial charge in [0.05, 0.1) is 0 Å². The highest BCUT2D eigenvalue weighted by Crippen LogP contribution is 2.26. The van der Waals surface area contributed by atoms with Crippen LogP contribution in [0.2, 0.25) is 5.02 Å². The van der Waals surface area contributed by atoms with Crippen molar-refractivity contribution >= 4 is 24.0 Å². The Morgan fingerprint density at radius 3 is 2.50 bits per heavy atom. The van der Waals surface area contributed by atoms with E-state index in [1.807, 2.05) is 24.3 Å². The van der Waals surface area contributed by atoms with Gasteiger partial charge in [-0.3, -0.25) is 0 Å². The van der Waals surface area contributed by atoms with Gasteiger partial charge < -0.3 is 10.5 Å². The number of benzene rings is 1. The standard InChI is InChI=1S/C12H16ClNO.ClH/c13-11-4-2-1-3-10(11)9-12(14)5-7-15-8-6-12;/h1-4H,5-9,14H2;1H. The summed E-state index contributed by atoms with van der Waals surface area (Å²) in [5, 5.41) is 0.814. The molecular formula is C12H17Cl2NO. The van der Waals surface area contributed by atoms with Gasteiger partial charge in [0.15, 0.2) is 0 Å². The van der Waals surface area contributed by atoms with Crippen molar-refractivity contribution in [2.45, 2.75) is 24.8 Å². The van der Waals surface area contributed by atoms with Gasteiger partial charge >= 0.3 is 0 Å². The summed E-state index contributed by atoms with van der Waals surface area (Å²) in [7, 11) is 0. The van der Waals surface area contributed by atoms with E-state index in [0.29, 0.717) is 0 Å². The summed E-state index contributed by atoms with van der Waals surface area (Å²) < 4.78 is 5.32. The number of halogens is 2. The molecule has 1 aliphatic rings. The molecule has 0 radical (unpaired) electrons. The molecule has 1 aromatic carbocycles. The lowest BCUT2D eigenvalue weighted by atomic mass is 9.85. The van der Waals surface area contributed by atoms with Crippen LogP contribution in [0.3, 0.4) is 0 Å². The van der Waals surface area contributed by atoms with Crippen LogP contribution in [0, 0.1) is 0 Å². The Bertz CT molecular complexity index is 338. The zero-order valence-corrected chi connectivity index (χ0v) is 10.7. The second-order valence-corrected chi connectivity index (χ2v) is 4.65. The Morgan fingerprint density at radius 1 is 1.25 bits per heavy atom. The van der Waals surface area contributed by atoms with Crippen molar-refractivity contribution < 1.29 is 4.74 Å². The molecule has 1 fully saturated rings. The fraction of sp³-hybridized carbons (Fsp3) is 0.500. The second kappa shape index (κ2) is 5.87. The van der Waals surface area contributed by atoms with E-state index in [1.54, 1.807) is 0 Å². The number of hydrogen-bond acceptors (Lipinski definition) is 2. The molecule has 1 saturated heterocycles. The number of rotatable bonds is 2. The number of ether oxygens (including phenoxy) is 1. The van der Waals surface area contributed by atoms with Gasteiger partial charge in [0.25, 0.3) is 0 Å². The highest BCUT2D eigenvalue weighted by Gasteiger charge is 2.28. The molecule has 2 nitrogen and oxygen atoms in total. The van der Waals surface area contributed by atoms with Gasteiger partial charge in [-0.1, -0.05) is 29.8 Å². The molecule has 1 aromatic rings. The molecular weight excluding hydrogens is 245 g/mol. The van der Waals surface area contributed by atoms with Gasteiger partial charge in [-0.05, 0) is 30.9 Å². The molecule has 1 heterocycles. The first-order valence-corrected chi connectivity index (χ1v) is 5.67. The predicted molar refractivity (Wildman–Crippen MR) is 69.4 cm³/mol. The first kappa shape index (κ1) is 13.8. The lowest BCUT2D eigenvalue weighted by Crippen LogP contribution is -2.46. The van der Waals surface area contributed by atoms with Gasteiger partial charge in [0, 0.05) is 23.8 Å². The van der Waals surface area contributed by atoms with Crippen LogP contribution < -0.4 is 5.73 Å². The SMILES string of the molecule is Cl.NC1(Cc2ccccc2Cl)CCOCC1. The van der Waals surface area contributed by atoms with E-state index < -0.39 is 0 Å². The highest BCUT2D eigenvalue weighted by atomic mass is 35.5. The molecule has 0 amide bonds. The molecule has 0 saturated carbocycles.